The lowest BCUT2D eigenvalue weighted by Crippen LogP contribution is -2.32. The molecule has 0 saturated heterocycles. The summed E-state index contributed by atoms with van der Waals surface area (Å²) in [7, 11) is -3.66. The number of halogens is 1. The predicted molar refractivity (Wildman–Crippen MR) is 88.2 cm³/mol. The lowest BCUT2D eigenvalue weighted by Gasteiger charge is -2.12. The van der Waals surface area contributed by atoms with Gasteiger partial charge < -0.3 is 5.32 Å². The maximum Gasteiger partial charge on any atom is 0.270 e. The maximum atomic E-state index is 12.3. The number of nitrogens with one attached hydrogen (secondary N) is 2. The molecular formula is C13H22ClN3O4S. The smallest absolute Gasteiger partial charge is 0.270 e. The SMILES string of the molecule is CCCNCCNS(=O)(=O)c1c(C)cc([N+](=O)[O-])cc1C.Cl. The fourth-order valence-electron chi connectivity index (χ4n) is 2.10. The highest BCUT2D eigenvalue weighted by Crippen LogP contribution is 2.25. The average molecular weight is 352 g/mol. The highest BCUT2D eigenvalue weighted by molar-refractivity contribution is 7.89. The molecule has 22 heavy (non-hydrogen) atoms. The second-order valence-electron chi connectivity index (χ2n) is 4.81. The van der Waals surface area contributed by atoms with Gasteiger partial charge in [0.25, 0.3) is 5.69 Å². The standard InChI is InChI=1S/C13H21N3O4S.ClH/c1-4-5-14-6-7-15-21(19,20)13-10(2)8-12(16(17)18)9-11(13)3;/h8-9,14-15H,4-7H2,1-3H3;1H. The van der Waals surface area contributed by atoms with Gasteiger partial charge in [-0.05, 0) is 37.9 Å². The summed E-state index contributed by atoms with van der Waals surface area (Å²) in [6.07, 6.45) is 0.979. The van der Waals surface area contributed by atoms with Gasteiger partial charge in [-0.15, -0.1) is 12.4 Å². The average Bonchev–Trinajstić information content (AvgIpc) is 2.37. The minimum absolute atomic E-state index is 0. The molecule has 0 spiro atoms. The molecule has 7 nitrogen and oxygen atoms in total. The van der Waals surface area contributed by atoms with Crippen LogP contribution in [0.4, 0.5) is 5.69 Å². The first kappa shape index (κ1) is 20.8. The third-order valence-corrected chi connectivity index (χ3v) is 4.71. The zero-order chi connectivity index (χ0) is 16.0. The molecule has 0 heterocycles. The molecule has 126 valence electrons. The van der Waals surface area contributed by atoms with Crippen LogP contribution in [0.1, 0.15) is 24.5 Å². The number of aryl methyl sites for hydroxylation is 2. The zero-order valence-corrected chi connectivity index (χ0v) is 14.5. The summed E-state index contributed by atoms with van der Waals surface area (Å²) >= 11 is 0. The van der Waals surface area contributed by atoms with Gasteiger partial charge in [-0.2, -0.15) is 0 Å². The van der Waals surface area contributed by atoms with E-state index in [1.807, 2.05) is 6.92 Å². The summed E-state index contributed by atoms with van der Waals surface area (Å²) in [4.78, 5) is 10.4. The van der Waals surface area contributed by atoms with Crippen molar-refractivity contribution in [1.29, 1.82) is 0 Å². The number of rotatable bonds is 8. The van der Waals surface area contributed by atoms with Crippen LogP contribution in [-0.4, -0.2) is 33.0 Å². The molecule has 0 aliphatic carbocycles. The monoisotopic (exact) mass is 351 g/mol. The van der Waals surface area contributed by atoms with E-state index >= 15 is 0 Å². The molecule has 1 aromatic carbocycles. The van der Waals surface area contributed by atoms with E-state index in [1.165, 1.54) is 12.1 Å². The summed E-state index contributed by atoms with van der Waals surface area (Å²) in [5.74, 6) is 0. The molecule has 1 rings (SSSR count). The van der Waals surface area contributed by atoms with E-state index in [2.05, 4.69) is 10.0 Å². The van der Waals surface area contributed by atoms with E-state index in [9.17, 15) is 18.5 Å². The number of sulfonamides is 1. The van der Waals surface area contributed by atoms with Gasteiger partial charge in [0.05, 0.1) is 9.82 Å². The molecule has 1 aromatic rings. The number of nitrogens with zero attached hydrogens (tertiary/aromatic N) is 1. The number of nitro groups is 1. The number of benzene rings is 1. The van der Waals surface area contributed by atoms with Gasteiger partial charge in [0, 0.05) is 25.2 Å². The van der Waals surface area contributed by atoms with E-state index < -0.39 is 14.9 Å². The minimum atomic E-state index is -3.66. The topological polar surface area (TPSA) is 101 Å². The third kappa shape index (κ3) is 5.53. The number of hydrogen-bond acceptors (Lipinski definition) is 5. The van der Waals surface area contributed by atoms with Crippen LogP contribution >= 0.6 is 12.4 Å². The van der Waals surface area contributed by atoms with Gasteiger partial charge >= 0.3 is 0 Å². The first-order valence-electron chi connectivity index (χ1n) is 6.75. The molecule has 0 bridgehead atoms. The summed E-state index contributed by atoms with van der Waals surface area (Å²) in [5, 5.41) is 13.9. The fourth-order valence-corrected chi connectivity index (χ4v) is 3.59. The Morgan fingerprint density at radius 3 is 2.14 bits per heavy atom. The lowest BCUT2D eigenvalue weighted by molar-refractivity contribution is -0.385. The summed E-state index contributed by atoms with van der Waals surface area (Å²) in [6.45, 7) is 6.79. The van der Waals surface area contributed by atoms with Crippen LogP contribution in [0.15, 0.2) is 17.0 Å². The number of nitro benzene ring substituents is 1. The van der Waals surface area contributed by atoms with Gasteiger partial charge in [-0.25, -0.2) is 13.1 Å². The van der Waals surface area contributed by atoms with Crippen molar-refractivity contribution in [2.75, 3.05) is 19.6 Å². The van der Waals surface area contributed by atoms with Crippen LogP contribution in [0.3, 0.4) is 0 Å². The Kier molecular flexibility index (Phi) is 8.54. The number of hydrogen-bond donors (Lipinski definition) is 2. The van der Waals surface area contributed by atoms with Crippen molar-refractivity contribution in [3.63, 3.8) is 0 Å². The number of non-ortho nitro benzene ring substituents is 1. The van der Waals surface area contributed by atoms with Crippen LogP contribution in [0, 0.1) is 24.0 Å². The van der Waals surface area contributed by atoms with Crippen LogP contribution in [-0.2, 0) is 10.0 Å². The van der Waals surface area contributed by atoms with E-state index in [1.54, 1.807) is 13.8 Å². The first-order valence-corrected chi connectivity index (χ1v) is 8.24. The van der Waals surface area contributed by atoms with Crippen molar-refractivity contribution in [3.05, 3.63) is 33.4 Å². The van der Waals surface area contributed by atoms with Crippen molar-refractivity contribution >= 4 is 28.1 Å². The van der Waals surface area contributed by atoms with Crippen molar-refractivity contribution < 1.29 is 13.3 Å². The Balaban J connectivity index is 0.00000441. The molecule has 0 unspecified atom stereocenters. The molecule has 0 atom stereocenters. The zero-order valence-electron chi connectivity index (χ0n) is 12.9. The Labute approximate surface area is 137 Å². The van der Waals surface area contributed by atoms with Crippen molar-refractivity contribution in [1.82, 2.24) is 10.0 Å². The quantitative estimate of drug-likeness (QED) is 0.423. The summed E-state index contributed by atoms with van der Waals surface area (Å²) in [6, 6.07) is 2.55. The van der Waals surface area contributed by atoms with Gasteiger partial charge in [0.2, 0.25) is 10.0 Å². The van der Waals surface area contributed by atoms with Crippen LogP contribution in [0.2, 0.25) is 0 Å². The van der Waals surface area contributed by atoms with Crippen molar-refractivity contribution in [2.45, 2.75) is 32.1 Å². The fraction of sp³-hybridized carbons (Fsp3) is 0.538. The summed E-state index contributed by atoms with van der Waals surface area (Å²) in [5.41, 5.74) is 0.639. The third-order valence-electron chi connectivity index (χ3n) is 2.95. The Morgan fingerprint density at radius 1 is 1.14 bits per heavy atom. The second-order valence-corrected chi connectivity index (χ2v) is 6.52. The molecule has 0 aliphatic rings. The summed E-state index contributed by atoms with van der Waals surface area (Å²) < 4.78 is 27.1. The Morgan fingerprint density at radius 2 is 1.68 bits per heavy atom. The van der Waals surface area contributed by atoms with Crippen LogP contribution in [0.5, 0.6) is 0 Å². The molecule has 0 fully saturated rings. The molecule has 0 radical (unpaired) electrons. The van der Waals surface area contributed by atoms with Crippen LogP contribution < -0.4 is 10.0 Å². The molecular weight excluding hydrogens is 330 g/mol. The van der Waals surface area contributed by atoms with Crippen molar-refractivity contribution in [3.8, 4) is 0 Å². The highest BCUT2D eigenvalue weighted by Gasteiger charge is 2.22. The largest absolute Gasteiger partial charge is 0.315 e. The molecule has 0 aromatic heterocycles. The molecule has 0 aliphatic heterocycles. The maximum absolute atomic E-state index is 12.3. The van der Waals surface area contributed by atoms with Gasteiger partial charge in [0.15, 0.2) is 0 Å². The Hall–Kier alpha value is -1.22. The first-order chi connectivity index (χ1) is 9.79. The van der Waals surface area contributed by atoms with Gasteiger partial charge in [-0.1, -0.05) is 6.92 Å². The van der Waals surface area contributed by atoms with E-state index in [0.29, 0.717) is 17.7 Å². The lowest BCUT2D eigenvalue weighted by atomic mass is 10.1. The minimum Gasteiger partial charge on any atom is -0.315 e. The molecule has 0 amide bonds. The van der Waals surface area contributed by atoms with Gasteiger partial charge in [-0.3, -0.25) is 10.1 Å². The molecule has 2 N–H and O–H groups in total. The van der Waals surface area contributed by atoms with Gasteiger partial charge in [0.1, 0.15) is 0 Å². The second kappa shape index (κ2) is 9.04. The molecule has 0 saturated carbocycles. The molecule has 9 heteroatoms. The van der Waals surface area contributed by atoms with E-state index in [4.69, 9.17) is 0 Å². The van der Waals surface area contributed by atoms with Crippen molar-refractivity contribution in [2.24, 2.45) is 0 Å². The normalized spacial score (nSPS) is 11.0. The Bertz CT molecular complexity index is 597. The highest BCUT2D eigenvalue weighted by atomic mass is 35.5. The van der Waals surface area contributed by atoms with E-state index in [-0.39, 0.29) is 29.5 Å². The van der Waals surface area contributed by atoms with Crippen LogP contribution in [0.25, 0.3) is 0 Å². The predicted octanol–water partition coefficient (Wildman–Crippen LogP) is 1.91. The van der Waals surface area contributed by atoms with E-state index in [0.717, 1.165) is 13.0 Å².